The largest absolute Gasteiger partial charge is 0.317 e. The molecule has 0 saturated carbocycles. The Morgan fingerprint density at radius 3 is 2.57 bits per heavy atom. The zero-order valence-electron chi connectivity index (χ0n) is 13.5. The molecule has 0 amide bonds. The second kappa shape index (κ2) is 8.88. The molecule has 6 heteroatoms. The van der Waals surface area contributed by atoms with Crippen molar-refractivity contribution >= 4 is 21.4 Å². The van der Waals surface area contributed by atoms with Crippen LogP contribution in [-0.2, 0) is 16.4 Å². The molecular formula is C15H28N2O2S2. The molecule has 1 aromatic rings. The van der Waals surface area contributed by atoms with Gasteiger partial charge in [-0.1, -0.05) is 27.2 Å². The Hall–Kier alpha value is -0.430. The zero-order valence-corrected chi connectivity index (χ0v) is 15.1. The van der Waals surface area contributed by atoms with Gasteiger partial charge in [0.2, 0.25) is 10.0 Å². The lowest BCUT2D eigenvalue weighted by Gasteiger charge is -2.16. The predicted molar refractivity (Wildman–Crippen MR) is 90.4 cm³/mol. The fourth-order valence-electron chi connectivity index (χ4n) is 2.17. The van der Waals surface area contributed by atoms with Crippen molar-refractivity contribution in [2.75, 3.05) is 13.1 Å². The molecule has 0 fully saturated rings. The number of thiophene rings is 1. The minimum absolute atomic E-state index is 0.0303. The molecule has 21 heavy (non-hydrogen) atoms. The maximum atomic E-state index is 12.3. The first-order chi connectivity index (χ1) is 9.89. The lowest BCUT2D eigenvalue weighted by Crippen LogP contribution is -2.33. The van der Waals surface area contributed by atoms with Crippen LogP contribution in [0.3, 0.4) is 0 Å². The maximum absolute atomic E-state index is 12.3. The third kappa shape index (κ3) is 6.46. The minimum atomic E-state index is -3.38. The van der Waals surface area contributed by atoms with Crippen molar-refractivity contribution in [2.24, 2.45) is 5.92 Å². The van der Waals surface area contributed by atoms with Crippen molar-refractivity contribution in [3.63, 3.8) is 0 Å². The molecular weight excluding hydrogens is 304 g/mol. The molecule has 0 radical (unpaired) electrons. The number of hydrogen-bond donors (Lipinski definition) is 2. The summed E-state index contributed by atoms with van der Waals surface area (Å²) in [7, 11) is -3.38. The van der Waals surface area contributed by atoms with E-state index in [0.29, 0.717) is 10.1 Å². The fraction of sp³-hybridized carbons (Fsp3) is 0.733. The lowest BCUT2D eigenvalue weighted by atomic mass is 10.0. The van der Waals surface area contributed by atoms with Crippen molar-refractivity contribution in [1.82, 2.24) is 10.0 Å². The highest BCUT2D eigenvalue weighted by atomic mass is 32.2. The number of rotatable bonds is 10. The van der Waals surface area contributed by atoms with Crippen LogP contribution in [0.5, 0.6) is 0 Å². The van der Waals surface area contributed by atoms with Gasteiger partial charge >= 0.3 is 0 Å². The highest BCUT2D eigenvalue weighted by molar-refractivity contribution is 7.91. The van der Waals surface area contributed by atoms with E-state index < -0.39 is 10.0 Å². The summed E-state index contributed by atoms with van der Waals surface area (Å²) in [5.41, 5.74) is 0. The topological polar surface area (TPSA) is 58.2 Å². The van der Waals surface area contributed by atoms with Gasteiger partial charge in [-0.3, -0.25) is 0 Å². The van der Waals surface area contributed by atoms with E-state index in [1.54, 1.807) is 6.07 Å². The quantitative estimate of drug-likeness (QED) is 0.648. The summed E-state index contributed by atoms with van der Waals surface area (Å²) < 4.78 is 27.9. The molecule has 1 heterocycles. The molecule has 2 unspecified atom stereocenters. The number of sulfonamides is 1. The smallest absolute Gasteiger partial charge is 0.250 e. The van der Waals surface area contributed by atoms with Gasteiger partial charge in [-0.25, -0.2) is 13.1 Å². The molecule has 1 rings (SSSR count). The zero-order chi connectivity index (χ0) is 15.9. The number of hydrogen-bond acceptors (Lipinski definition) is 4. The van der Waals surface area contributed by atoms with E-state index in [-0.39, 0.29) is 6.04 Å². The molecule has 0 aliphatic rings. The van der Waals surface area contributed by atoms with Crippen molar-refractivity contribution in [1.29, 1.82) is 0 Å². The Kier molecular flexibility index (Phi) is 7.87. The molecule has 122 valence electrons. The van der Waals surface area contributed by atoms with Gasteiger partial charge in [0.15, 0.2) is 0 Å². The summed E-state index contributed by atoms with van der Waals surface area (Å²) in [6.45, 7) is 10.1. The fourth-order valence-corrected chi connectivity index (χ4v) is 4.79. The van der Waals surface area contributed by atoms with Crippen LogP contribution in [0.2, 0.25) is 0 Å². The third-order valence-electron chi connectivity index (χ3n) is 3.51. The van der Waals surface area contributed by atoms with Gasteiger partial charge in [0.05, 0.1) is 0 Å². The highest BCUT2D eigenvalue weighted by Crippen LogP contribution is 2.22. The molecule has 0 saturated heterocycles. The maximum Gasteiger partial charge on any atom is 0.250 e. The second-order valence-electron chi connectivity index (χ2n) is 5.60. The van der Waals surface area contributed by atoms with Crippen LogP contribution in [0, 0.1) is 5.92 Å². The monoisotopic (exact) mass is 332 g/mol. The van der Waals surface area contributed by atoms with Gasteiger partial charge in [-0.15, -0.1) is 11.3 Å². The van der Waals surface area contributed by atoms with Crippen molar-refractivity contribution in [3.05, 3.63) is 17.0 Å². The molecule has 2 N–H and O–H groups in total. The van der Waals surface area contributed by atoms with Gasteiger partial charge in [0, 0.05) is 10.9 Å². The molecule has 0 aromatic carbocycles. The Morgan fingerprint density at radius 1 is 1.24 bits per heavy atom. The van der Waals surface area contributed by atoms with Gasteiger partial charge in [-0.2, -0.15) is 0 Å². The molecule has 0 spiro atoms. The number of nitrogens with one attached hydrogen (secondary N) is 2. The molecule has 0 aliphatic carbocycles. The standard InChI is InChI=1S/C15H28N2O2S2/c1-5-12(3)11-13(4)17-21(18,19)15-8-7-14(20-15)9-10-16-6-2/h7-8,12-13,16-17H,5-6,9-11H2,1-4H3. The lowest BCUT2D eigenvalue weighted by molar-refractivity contribution is 0.446. The van der Waals surface area contributed by atoms with E-state index in [1.165, 1.54) is 11.3 Å². The molecule has 1 aromatic heterocycles. The van der Waals surface area contributed by atoms with Crippen molar-refractivity contribution < 1.29 is 8.42 Å². The molecule has 4 nitrogen and oxygen atoms in total. The summed E-state index contributed by atoms with van der Waals surface area (Å²) in [4.78, 5) is 1.10. The van der Waals surface area contributed by atoms with Crippen molar-refractivity contribution in [2.45, 2.75) is 57.2 Å². The summed E-state index contributed by atoms with van der Waals surface area (Å²) in [5, 5.41) is 3.25. The van der Waals surface area contributed by atoms with E-state index in [1.807, 2.05) is 13.0 Å². The summed E-state index contributed by atoms with van der Waals surface area (Å²) in [6.07, 6.45) is 2.81. The number of likely N-dealkylation sites (N-methyl/N-ethyl adjacent to an activating group) is 1. The SMILES string of the molecule is CCNCCc1ccc(S(=O)(=O)NC(C)CC(C)CC)s1. The van der Waals surface area contributed by atoms with Crippen LogP contribution in [0.1, 0.15) is 45.4 Å². The summed E-state index contributed by atoms with van der Waals surface area (Å²) in [6, 6.07) is 3.59. The van der Waals surface area contributed by atoms with E-state index >= 15 is 0 Å². The second-order valence-corrected chi connectivity index (χ2v) is 8.70. The average molecular weight is 333 g/mol. The Morgan fingerprint density at radius 2 is 1.95 bits per heavy atom. The van der Waals surface area contributed by atoms with Crippen LogP contribution in [0.15, 0.2) is 16.3 Å². The van der Waals surface area contributed by atoms with Crippen LogP contribution < -0.4 is 10.0 Å². The molecule has 0 bridgehead atoms. The Balaban J connectivity index is 2.61. The van der Waals surface area contributed by atoms with Gasteiger partial charge in [0.1, 0.15) is 4.21 Å². The minimum Gasteiger partial charge on any atom is -0.317 e. The van der Waals surface area contributed by atoms with Gasteiger partial charge in [-0.05, 0) is 50.9 Å². The summed E-state index contributed by atoms with van der Waals surface area (Å²) >= 11 is 1.37. The first kappa shape index (κ1) is 18.6. The van der Waals surface area contributed by atoms with Crippen LogP contribution in [0.4, 0.5) is 0 Å². The third-order valence-corrected chi connectivity index (χ3v) is 6.74. The normalized spacial score (nSPS) is 15.0. The predicted octanol–water partition coefficient (Wildman–Crippen LogP) is 3.00. The molecule has 0 aliphatic heterocycles. The van der Waals surface area contributed by atoms with E-state index in [0.717, 1.165) is 37.2 Å². The Bertz CT molecular complexity index is 511. The van der Waals surface area contributed by atoms with E-state index in [2.05, 4.69) is 30.8 Å². The van der Waals surface area contributed by atoms with Gasteiger partial charge in [0.25, 0.3) is 0 Å². The van der Waals surface area contributed by atoms with E-state index in [4.69, 9.17) is 0 Å². The van der Waals surface area contributed by atoms with Crippen LogP contribution in [0.25, 0.3) is 0 Å². The van der Waals surface area contributed by atoms with Gasteiger partial charge < -0.3 is 5.32 Å². The van der Waals surface area contributed by atoms with E-state index in [9.17, 15) is 8.42 Å². The first-order valence-corrected chi connectivity index (χ1v) is 10.0. The first-order valence-electron chi connectivity index (χ1n) is 7.70. The van der Waals surface area contributed by atoms with Crippen molar-refractivity contribution in [3.8, 4) is 0 Å². The summed E-state index contributed by atoms with van der Waals surface area (Å²) in [5.74, 6) is 0.529. The van der Waals surface area contributed by atoms with Crippen LogP contribution >= 0.6 is 11.3 Å². The Labute approximate surface area is 133 Å². The molecule has 2 atom stereocenters. The average Bonchev–Trinajstić information content (AvgIpc) is 2.87. The highest BCUT2D eigenvalue weighted by Gasteiger charge is 2.20. The van der Waals surface area contributed by atoms with Crippen LogP contribution in [-0.4, -0.2) is 27.5 Å².